The number of hydrogen-bond acceptors (Lipinski definition) is 3. The Morgan fingerprint density at radius 1 is 1.32 bits per heavy atom. The van der Waals surface area contributed by atoms with Crippen LogP contribution >= 0.6 is 0 Å². The minimum Gasteiger partial charge on any atom is -0.394 e. The smallest absolute Gasteiger partial charge is 0.242 e. The molecule has 5 nitrogen and oxygen atoms in total. The van der Waals surface area contributed by atoms with E-state index in [0.717, 1.165) is 5.56 Å². The number of aromatic nitrogens is 2. The van der Waals surface area contributed by atoms with Crippen molar-refractivity contribution in [3.8, 4) is 0 Å². The second-order valence-electron chi connectivity index (χ2n) is 4.34. The zero-order valence-corrected chi connectivity index (χ0v) is 10.6. The van der Waals surface area contributed by atoms with Crippen LogP contribution in [0, 0.1) is 0 Å². The highest BCUT2D eigenvalue weighted by Crippen LogP contribution is 2.03. The van der Waals surface area contributed by atoms with Gasteiger partial charge in [-0.1, -0.05) is 30.3 Å². The first-order valence-electron chi connectivity index (χ1n) is 6.19. The number of nitrogens with one attached hydrogen (secondary N) is 1. The molecule has 1 heterocycles. The van der Waals surface area contributed by atoms with E-state index in [0.29, 0.717) is 6.42 Å². The summed E-state index contributed by atoms with van der Waals surface area (Å²) in [5, 5.41) is 16.1. The number of aliphatic hydroxyl groups excluding tert-OH is 1. The molecule has 19 heavy (non-hydrogen) atoms. The van der Waals surface area contributed by atoms with Gasteiger partial charge in [0.1, 0.15) is 6.54 Å². The van der Waals surface area contributed by atoms with E-state index >= 15 is 0 Å². The Bertz CT molecular complexity index is 497. The number of nitrogens with zero attached hydrogens (tertiary/aromatic N) is 2. The van der Waals surface area contributed by atoms with Gasteiger partial charge < -0.3 is 10.4 Å². The van der Waals surface area contributed by atoms with E-state index in [1.807, 2.05) is 30.3 Å². The van der Waals surface area contributed by atoms with Crippen molar-refractivity contribution < 1.29 is 9.90 Å². The Labute approximate surface area is 111 Å². The van der Waals surface area contributed by atoms with Gasteiger partial charge in [-0.25, -0.2) is 0 Å². The Morgan fingerprint density at radius 2 is 2.11 bits per heavy atom. The van der Waals surface area contributed by atoms with Crippen LogP contribution in [0.25, 0.3) is 0 Å². The summed E-state index contributed by atoms with van der Waals surface area (Å²) in [5.74, 6) is -0.154. The van der Waals surface area contributed by atoms with Crippen molar-refractivity contribution in [2.75, 3.05) is 6.61 Å². The minimum absolute atomic E-state index is 0.0836. The van der Waals surface area contributed by atoms with Crippen molar-refractivity contribution in [3.63, 3.8) is 0 Å². The van der Waals surface area contributed by atoms with E-state index < -0.39 is 0 Å². The maximum atomic E-state index is 11.8. The second-order valence-corrected chi connectivity index (χ2v) is 4.34. The molecule has 2 N–H and O–H groups in total. The molecule has 0 saturated heterocycles. The van der Waals surface area contributed by atoms with Crippen molar-refractivity contribution in [1.82, 2.24) is 15.1 Å². The molecule has 2 aromatic rings. The molecule has 5 heteroatoms. The van der Waals surface area contributed by atoms with Gasteiger partial charge in [-0.2, -0.15) is 5.10 Å². The van der Waals surface area contributed by atoms with Crippen LogP contribution in [0.2, 0.25) is 0 Å². The van der Waals surface area contributed by atoms with Crippen molar-refractivity contribution in [3.05, 3.63) is 54.4 Å². The fourth-order valence-corrected chi connectivity index (χ4v) is 1.87. The topological polar surface area (TPSA) is 67.2 Å². The van der Waals surface area contributed by atoms with Crippen molar-refractivity contribution in [2.24, 2.45) is 0 Å². The van der Waals surface area contributed by atoms with Crippen LogP contribution in [0.3, 0.4) is 0 Å². The summed E-state index contributed by atoms with van der Waals surface area (Å²) in [6, 6.07) is 11.3. The molecule has 0 saturated carbocycles. The highest BCUT2D eigenvalue weighted by Gasteiger charge is 2.12. The van der Waals surface area contributed by atoms with Crippen molar-refractivity contribution in [1.29, 1.82) is 0 Å². The van der Waals surface area contributed by atoms with Gasteiger partial charge in [-0.15, -0.1) is 0 Å². The van der Waals surface area contributed by atoms with E-state index in [2.05, 4.69) is 10.4 Å². The molecular formula is C14H17N3O2. The third-order valence-electron chi connectivity index (χ3n) is 2.78. The van der Waals surface area contributed by atoms with Crippen molar-refractivity contribution in [2.45, 2.75) is 19.0 Å². The van der Waals surface area contributed by atoms with Gasteiger partial charge in [0.05, 0.1) is 12.6 Å². The third-order valence-corrected chi connectivity index (χ3v) is 2.78. The lowest BCUT2D eigenvalue weighted by atomic mass is 10.1. The standard InChI is InChI=1S/C14H17N3O2/c18-11-13(9-12-5-2-1-3-6-12)16-14(19)10-17-8-4-7-15-17/h1-8,13,18H,9-11H2,(H,16,19)/t13-/m1/s1. The minimum atomic E-state index is -0.273. The van der Waals surface area contributed by atoms with Crippen LogP contribution in [-0.2, 0) is 17.8 Å². The van der Waals surface area contributed by atoms with Crippen LogP contribution in [-0.4, -0.2) is 33.4 Å². The molecular weight excluding hydrogens is 242 g/mol. The number of carbonyl (C=O) groups excluding carboxylic acids is 1. The lowest BCUT2D eigenvalue weighted by Crippen LogP contribution is -2.40. The molecule has 0 aliphatic carbocycles. The van der Waals surface area contributed by atoms with Gasteiger partial charge in [0, 0.05) is 12.4 Å². The van der Waals surface area contributed by atoms with Gasteiger partial charge >= 0.3 is 0 Å². The molecule has 100 valence electrons. The van der Waals surface area contributed by atoms with Crippen LogP contribution < -0.4 is 5.32 Å². The number of rotatable bonds is 6. The first-order valence-corrected chi connectivity index (χ1v) is 6.19. The van der Waals surface area contributed by atoms with Gasteiger partial charge in [-0.3, -0.25) is 9.48 Å². The molecule has 2 rings (SSSR count). The molecule has 0 spiro atoms. The van der Waals surface area contributed by atoms with Gasteiger partial charge in [-0.05, 0) is 18.1 Å². The Balaban J connectivity index is 1.86. The predicted molar refractivity (Wildman–Crippen MR) is 71.4 cm³/mol. The van der Waals surface area contributed by atoms with Crippen LogP contribution in [0.1, 0.15) is 5.56 Å². The average Bonchev–Trinajstić information content (AvgIpc) is 2.92. The molecule has 1 atom stereocenters. The SMILES string of the molecule is O=C(Cn1cccn1)N[C@@H](CO)Cc1ccccc1. The van der Waals surface area contributed by atoms with Gasteiger partial charge in [0.25, 0.3) is 0 Å². The molecule has 1 aromatic carbocycles. The maximum Gasteiger partial charge on any atom is 0.242 e. The van der Waals surface area contributed by atoms with E-state index in [1.165, 1.54) is 0 Å². The van der Waals surface area contributed by atoms with E-state index in [9.17, 15) is 9.90 Å². The zero-order valence-electron chi connectivity index (χ0n) is 10.6. The fourth-order valence-electron chi connectivity index (χ4n) is 1.87. The number of hydrogen-bond donors (Lipinski definition) is 2. The number of amides is 1. The first-order chi connectivity index (χ1) is 9.28. The summed E-state index contributed by atoms with van der Waals surface area (Å²) in [6.07, 6.45) is 3.97. The van der Waals surface area contributed by atoms with Gasteiger partial charge in [0.2, 0.25) is 5.91 Å². The monoisotopic (exact) mass is 259 g/mol. The molecule has 0 radical (unpaired) electrons. The highest BCUT2D eigenvalue weighted by molar-refractivity contribution is 5.76. The first kappa shape index (κ1) is 13.3. The van der Waals surface area contributed by atoms with Gasteiger partial charge in [0.15, 0.2) is 0 Å². The summed E-state index contributed by atoms with van der Waals surface area (Å²) < 4.78 is 1.55. The number of aliphatic hydroxyl groups is 1. The molecule has 1 aromatic heterocycles. The predicted octanol–water partition coefficient (Wildman–Crippen LogP) is 0.603. The lowest BCUT2D eigenvalue weighted by molar-refractivity contribution is -0.122. The maximum absolute atomic E-state index is 11.8. The molecule has 0 fully saturated rings. The molecule has 0 unspecified atom stereocenters. The lowest BCUT2D eigenvalue weighted by Gasteiger charge is -2.16. The number of benzene rings is 1. The molecule has 0 aliphatic rings. The van der Waals surface area contributed by atoms with Crippen molar-refractivity contribution >= 4 is 5.91 Å². The van der Waals surface area contributed by atoms with Crippen LogP contribution in [0.5, 0.6) is 0 Å². The largest absolute Gasteiger partial charge is 0.394 e. The molecule has 0 aliphatic heterocycles. The van der Waals surface area contributed by atoms with Crippen LogP contribution in [0.15, 0.2) is 48.8 Å². The quantitative estimate of drug-likeness (QED) is 0.798. The summed E-state index contributed by atoms with van der Waals surface area (Å²) in [6.45, 7) is 0.0814. The van der Waals surface area contributed by atoms with E-state index in [4.69, 9.17) is 0 Å². The number of carbonyl (C=O) groups is 1. The van der Waals surface area contributed by atoms with E-state index in [-0.39, 0.29) is 25.1 Å². The van der Waals surface area contributed by atoms with Crippen LogP contribution in [0.4, 0.5) is 0 Å². The average molecular weight is 259 g/mol. The third kappa shape index (κ3) is 4.22. The molecule has 0 bridgehead atoms. The Morgan fingerprint density at radius 3 is 2.74 bits per heavy atom. The molecule has 1 amide bonds. The Kier molecular flexibility index (Phi) is 4.69. The fraction of sp³-hybridized carbons (Fsp3) is 0.286. The zero-order chi connectivity index (χ0) is 13.5. The Hall–Kier alpha value is -2.14. The highest BCUT2D eigenvalue weighted by atomic mass is 16.3. The van der Waals surface area contributed by atoms with E-state index in [1.54, 1.807) is 23.1 Å². The summed E-state index contributed by atoms with van der Waals surface area (Å²) in [7, 11) is 0. The second kappa shape index (κ2) is 6.70. The summed E-state index contributed by atoms with van der Waals surface area (Å²) >= 11 is 0. The summed E-state index contributed by atoms with van der Waals surface area (Å²) in [5.41, 5.74) is 1.08. The summed E-state index contributed by atoms with van der Waals surface area (Å²) in [4.78, 5) is 11.8. The normalized spacial score (nSPS) is 12.1.